The SMILES string of the molecule is Cn1cnc(S(=O)(=O)Nn2c(=O)[nH]c3cc(Cl)ccc3c2=O)c1. The lowest BCUT2D eigenvalue weighted by Crippen LogP contribution is -2.43. The number of H-pyrrole nitrogens is 1. The third kappa shape index (κ3) is 2.73. The zero-order valence-corrected chi connectivity index (χ0v) is 13.2. The molecule has 3 aromatic rings. The third-order valence-electron chi connectivity index (χ3n) is 3.03. The summed E-state index contributed by atoms with van der Waals surface area (Å²) in [7, 11) is -2.59. The van der Waals surface area contributed by atoms with Crippen molar-refractivity contribution in [3.63, 3.8) is 0 Å². The maximum absolute atomic E-state index is 12.3. The summed E-state index contributed by atoms with van der Waals surface area (Å²) in [5.74, 6) is 0. The first-order valence-corrected chi connectivity index (χ1v) is 8.09. The molecule has 3 rings (SSSR count). The van der Waals surface area contributed by atoms with Crippen molar-refractivity contribution in [2.75, 3.05) is 4.83 Å². The zero-order chi connectivity index (χ0) is 16.8. The van der Waals surface area contributed by atoms with Gasteiger partial charge in [0.15, 0.2) is 5.03 Å². The second kappa shape index (κ2) is 5.25. The van der Waals surface area contributed by atoms with Gasteiger partial charge in [-0.1, -0.05) is 11.6 Å². The number of imidazole rings is 1. The second-order valence-electron chi connectivity index (χ2n) is 4.73. The Labute approximate surface area is 134 Å². The summed E-state index contributed by atoms with van der Waals surface area (Å²) in [4.78, 5) is 32.3. The van der Waals surface area contributed by atoms with Gasteiger partial charge in [-0.2, -0.15) is 13.1 Å². The summed E-state index contributed by atoms with van der Waals surface area (Å²) in [6, 6.07) is 4.25. The van der Waals surface area contributed by atoms with Gasteiger partial charge in [-0.3, -0.25) is 4.79 Å². The van der Waals surface area contributed by atoms with E-state index in [2.05, 4.69) is 9.97 Å². The van der Waals surface area contributed by atoms with Crippen LogP contribution in [0.1, 0.15) is 0 Å². The number of hydrogen-bond acceptors (Lipinski definition) is 5. The molecule has 0 bridgehead atoms. The quantitative estimate of drug-likeness (QED) is 0.686. The van der Waals surface area contributed by atoms with Crippen molar-refractivity contribution >= 4 is 32.5 Å². The minimum absolute atomic E-state index is 0.109. The largest absolute Gasteiger partial charge is 0.348 e. The molecule has 120 valence electrons. The highest BCUT2D eigenvalue weighted by Gasteiger charge is 2.20. The second-order valence-corrected chi connectivity index (χ2v) is 6.78. The molecule has 0 amide bonds. The zero-order valence-electron chi connectivity index (χ0n) is 11.6. The molecular weight excluding hydrogens is 346 g/mol. The van der Waals surface area contributed by atoms with Gasteiger partial charge in [0, 0.05) is 18.3 Å². The highest BCUT2D eigenvalue weighted by atomic mass is 35.5. The lowest BCUT2D eigenvalue weighted by Gasteiger charge is -2.08. The van der Waals surface area contributed by atoms with Crippen LogP contribution in [-0.2, 0) is 17.1 Å². The molecule has 11 heteroatoms. The maximum Gasteiger partial charge on any atom is 0.348 e. The van der Waals surface area contributed by atoms with Crippen molar-refractivity contribution in [1.82, 2.24) is 19.2 Å². The van der Waals surface area contributed by atoms with Crippen molar-refractivity contribution in [3.8, 4) is 0 Å². The number of fused-ring (bicyclic) bond motifs is 1. The number of aromatic amines is 1. The number of aromatic nitrogens is 4. The molecular formula is C12H10ClN5O4S. The molecule has 0 fully saturated rings. The molecule has 0 aliphatic heterocycles. The predicted octanol–water partition coefficient (Wildman–Crippen LogP) is 0.00910. The van der Waals surface area contributed by atoms with Crippen molar-refractivity contribution in [2.24, 2.45) is 7.05 Å². The normalized spacial score (nSPS) is 11.7. The number of rotatable bonds is 3. The van der Waals surface area contributed by atoms with Crippen molar-refractivity contribution in [1.29, 1.82) is 0 Å². The molecule has 2 N–H and O–H groups in total. The van der Waals surface area contributed by atoms with Crippen LogP contribution < -0.4 is 16.1 Å². The average molecular weight is 356 g/mol. The first-order chi connectivity index (χ1) is 10.8. The summed E-state index contributed by atoms with van der Waals surface area (Å²) in [6.45, 7) is 0. The smallest absolute Gasteiger partial charge is 0.339 e. The summed E-state index contributed by atoms with van der Waals surface area (Å²) in [6.07, 6.45) is 2.52. The molecule has 9 nitrogen and oxygen atoms in total. The molecule has 23 heavy (non-hydrogen) atoms. The predicted molar refractivity (Wildman–Crippen MR) is 83.6 cm³/mol. The van der Waals surface area contributed by atoms with E-state index in [-0.39, 0.29) is 15.9 Å². The van der Waals surface area contributed by atoms with Gasteiger partial charge in [0.05, 0.1) is 17.2 Å². The Morgan fingerprint density at radius 3 is 2.70 bits per heavy atom. The topological polar surface area (TPSA) is 119 Å². The number of sulfonamides is 1. The van der Waals surface area contributed by atoms with Gasteiger partial charge in [-0.15, -0.1) is 0 Å². The Morgan fingerprint density at radius 1 is 1.30 bits per heavy atom. The molecule has 1 aromatic carbocycles. The van der Waals surface area contributed by atoms with Gasteiger partial charge in [-0.05, 0) is 18.2 Å². The monoisotopic (exact) mass is 355 g/mol. The van der Waals surface area contributed by atoms with Crippen LogP contribution >= 0.6 is 11.6 Å². The van der Waals surface area contributed by atoms with Crippen LogP contribution in [0.25, 0.3) is 10.9 Å². The first-order valence-electron chi connectivity index (χ1n) is 6.23. The fourth-order valence-corrected chi connectivity index (χ4v) is 3.13. The Morgan fingerprint density at radius 2 is 2.04 bits per heavy atom. The van der Waals surface area contributed by atoms with E-state index in [0.29, 0.717) is 9.70 Å². The first kappa shape index (κ1) is 15.3. The molecule has 0 unspecified atom stereocenters. The summed E-state index contributed by atoms with van der Waals surface area (Å²) in [5.41, 5.74) is -1.55. The Balaban J connectivity index is 2.16. The van der Waals surface area contributed by atoms with Crippen LogP contribution in [0, 0.1) is 0 Å². The fraction of sp³-hybridized carbons (Fsp3) is 0.0833. The van der Waals surface area contributed by atoms with E-state index in [0.717, 1.165) is 0 Å². The lowest BCUT2D eigenvalue weighted by atomic mass is 10.2. The van der Waals surface area contributed by atoms with Gasteiger partial charge in [0.2, 0.25) is 0 Å². The Kier molecular flexibility index (Phi) is 3.49. The summed E-state index contributed by atoms with van der Waals surface area (Å²) in [5, 5.41) is 0.125. The van der Waals surface area contributed by atoms with Crippen LogP contribution in [0.15, 0.2) is 45.3 Å². The van der Waals surface area contributed by atoms with E-state index in [1.165, 1.54) is 35.3 Å². The van der Waals surface area contributed by atoms with Gasteiger partial charge in [0.1, 0.15) is 0 Å². The molecule has 0 atom stereocenters. The van der Waals surface area contributed by atoms with Crippen molar-refractivity contribution < 1.29 is 8.42 Å². The van der Waals surface area contributed by atoms with Crippen LogP contribution in [0.4, 0.5) is 0 Å². The Bertz CT molecular complexity index is 1130. The third-order valence-corrected chi connectivity index (χ3v) is 4.45. The lowest BCUT2D eigenvalue weighted by molar-refractivity contribution is 0.589. The molecule has 0 saturated carbocycles. The van der Waals surface area contributed by atoms with Crippen LogP contribution in [-0.4, -0.2) is 27.6 Å². The molecule has 2 aromatic heterocycles. The fourth-order valence-electron chi connectivity index (χ4n) is 1.97. The number of benzene rings is 1. The number of nitrogens with one attached hydrogen (secondary N) is 2. The van der Waals surface area contributed by atoms with E-state index in [9.17, 15) is 18.0 Å². The average Bonchev–Trinajstić information content (AvgIpc) is 2.90. The van der Waals surface area contributed by atoms with E-state index in [1.54, 1.807) is 7.05 Å². The van der Waals surface area contributed by atoms with Crippen molar-refractivity contribution in [3.05, 3.63) is 56.6 Å². The minimum Gasteiger partial charge on any atom is -0.339 e. The standard InChI is InChI=1S/C12H10ClN5O4S/c1-17-5-10(14-6-17)23(21,22)16-18-11(19)8-3-2-7(13)4-9(8)15-12(18)20/h2-6,16H,1H3,(H,15,20). The van der Waals surface area contributed by atoms with E-state index < -0.39 is 21.3 Å². The molecule has 2 heterocycles. The van der Waals surface area contributed by atoms with Crippen LogP contribution in [0.3, 0.4) is 0 Å². The van der Waals surface area contributed by atoms with Crippen LogP contribution in [0.5, 0.6) is 0 Å². The highest BCUT2D eigenvalue weighted by Crippen LogP contribution is 2.13. The van der Waals surface area contributed by atoms with Gasteiger partial charge < -0.3 is 9.55 Å². The molecule has 0 aliphatic rings. The maximum atomic E-state index is 12.3. The molecule has 0 aliphatic carbocycles. The number of halogens is 1. The van der Waals surface area contributed by atoms with Gasteiger partial charge in [-0.25, -0.2) is 14.6 Å². The molecule has 0 saturated heterocycles. The van der Waals surface area contributed by atoms with Crippen molar-refractivity contribution in [2.45, 2.75) is 5.03 Å². The van der Waals surface area contributed by atoms with Crippen LogP contribution in [0.2, 0.25) is 5.02 Å². The van der Waals surface area contributed by atoms with E-state index >= 15 is 0 Å². The number of aryl methyl sites for hydroxylation is 1. The number of nitrogens with zero attached hydrogens (tertiary/aromatic N) is 3. The number of hydrogen-bond donors (Lipinski definition) is 2. The summed E-state index contributed by atoms with van der Waals surface area (Å²) >= 11 is 5.80. The van der Waals surface area contributed by atoms with Gasteiger partial charge in [0.25, 0.3) is 15.6 Å². The molecule has 0 radical (unpaired) electrons. The summed E-state index contributed by atoms with van der Waals surface area (Å²) < 4.78 is 26.2. The highest BCUT2D eigenvalue weighted by molar-refractivity contribution is 7.92. The molecule has 0 spiro atoms. The minimum atomic E-state index is -4.18. The Hall–Kier alpha value is -2.59. The van der Waals surface area contributed by atoms with E-state index in [1.807, 2.05) is 4.83 Å². The van der Waals surface area contributed by atoms with Gasteiger partial charge >= 0.3 is 5.69 Å². The van der Waals surface area contributed by atoms with E-state index in [4.69, 9.17) is 11.6 Å².